The molecule has 0 aliphatic rings. The molecule has 0 spiro atoms. The minimum atomic E-state index is -0.0447. The molecule has 0 radical (unpaired) electrons. The number of hydrogen-bond donors (Lipinski definition) is 2. The Bertz CT molecular complexity index is 148. The molecule has 0 aromatic heterocycles. The van der Waals surface area contributed by atoms with Crippen molar-refractivity contribution in [2.75, 3.05) is 33.7 Å². The number of rotatable bonds is 7. The van der Waals surface area contributed by atoms with E-state index in [-0.39, 0.29) is 6.03 Å². The molecule has 0 atom stereocenters. The first-order valence-electron chi connectivity index (χ1n) is 5.33. The summed E-state index contributed by atoms with van der Waals surface area (Å²) in [5.41, 5.74) is 0. The molecule has 0 aromatic carbocycles. The van der Waals surface area contributed by atoms with Gasteiger partial charge in [0, 0.05) is 13.1 Å². The Labute approximate surface area is 87.0 Å². The largest absolute Gasteiger partial charge is 0.338 e. The summed E-state index contributed by atoms with van der Waals surface area (Å²) in [6, 6.07) is -0.0447. The second-order valence-corrected chi connectivity index (χ2v) is 3.69. The van der Waals surface area contributed by atoms with Crippen molar-refractivity contribution in [3.63, 3.8) is 0 Å². The van der Waals surface area contributed by atoms with E-state index in [0.717, 1.165) is 38.9 Å². The van der Waals surface area contributed by atoms with Crippen molar-refractivity contribution in [3.05, 3.63) is 0 Å². The smallest absolute Gasteiger partial charge is 0.314 e. The predicted octanol–water partition coefficient (Wildman–Crippen LogP) is 1.04. The van der Waals surface area contributed by atoms with E-state index in [4.69, 9.17) is 0 Å². The van der Waals surface area contributed by atoms with Gasteiger partial charge in [-0.25, -0.2) is 4.79 Å². The lowest BCUT2D eigenvalue weighted by atomic mass is 10.3. The Hall–Kier alpha value is -0.770. The summed E-state index contributed by atoms with van der Waals surface area (Å²) in [4.78, 5) is 13.2. The minimum Gasteiger partial charge on any atom is -0.338 e. The number of carbonyl (C=O) groups is 1. The summed E-state index contributed by atoms with van der Waals surface area (Å²) < 4.78 is 0. The van der Waals surface area contributed by atoms with Crippen LogP contribution in [0.3, 0.4) is 0 Å². The number of urea groups is 1. The molecule has 2 N–H and O–H groups in total. The normalized spacial score (nSPS) is 10.3. The summed E-state index contributed by atoms with van der Waals surface area (Å²) in [5.74, 6) is 0. The number of unbranched alkanes of at least 4 members (excludes halogenated alkanes) is 1. The third kappa shape index (κ3) is 9.32. The fourth-order valence-electron chi connectivity index (χ4n) is 1.06. The average Bonchev–Trinajstić information content (AvgIpc) is 2.13. The molecule has 4 nitrogen and oxygen atoms in total. The van der Waals surface area contributed by atoms with Crippen LogP contribution in [0.5, 0.6) is 0 Å². The molecule has 0 unspecified atom stereocenters. The molecule has 0 aromatic rings. The predicted molar refractivity (Wildman–Crippen MR) is 59.5 cm³/mol. The van der Waals surface area contributed by atoms with Crippen LogP contribution >= 0.6 is 0 Å². The van der Waals surface area contributed by atoms with Crippen LogP contribution in [0.1, 0.15) is 26.2 Å². The first kappa shape index (κ1) is 13.2. The van der Waals surface area contributed by atoms with Crippen molar-refractivity contribution < 1.29 is 4.79 Å². The molecule has 0 saturated carbocycles. The van der Waals surface area contributed by atoms with Gasteiger partial charge in [0.05, 0.1) is 0 Å². The Morgan fingerprint density at radius 1 is 1.14 bits per heavy atom. The molecule has 14 heavy (non-hydrogen) atoms. The molecular formula is C10H23N3O. The number of hydrogen-bond acceptors (Lipinski definition) is 2. The highest BCUT2D eigenvalue weighted by Crippen LogP contribution is 1.88. The van der Waals surface area contributed by atoms with Crippen LogP contribution in [-0.2, 0) is 0 Å². The zero-order valence-electron chi connectivity index (χ0n) is 9.60. The lowest BCUT2D eigenvalue weighted by molar-refractivity contribution is 0.240. The zero-order valence-corrected chi connectivity index (χ0v) is 9.60. The summed E-state index contributed by atoms with van der Waals surface area (Å²) in [5, 5.41) is 5.59. The van der Waals surface area contributed by atoms with Gasteiger partial charge in [-0.15, -0.1) is 0 Å². The van der Waals surface area contributed by atoms with E-state index in [1.807, 2.05) is 6.92 Å². The molecule has 84 valence electrons. The van der Waals surface area contributed by atoms with Crippen LogP contribution in [-0.4, -0.2) is 44.7 Å². The zero-order chi connectivity index (χ0) is 10.8. The fourth-order valence-corrected chi connectivity index (χ4v) is 1.06. The van der Waals surface area contributed by atoms with Crippen LogP contribution < -0.4 is 10.6 Å². The Balaban J connectivity index is 3.15. The van der Waals surface area contributed by atoms with Crippen LogP contribution in [0, 0.1) is 0 Å². The van der Waals surface area contributed by atoms with Crippen molar-refractivity contribution in [2.24, 2.45) is 0 Å². The maximum Gasteiger partial charge on any atom is 0.314 e. The number of nitrogens with one attached hydrogen (secondary N) is 2. The highest BCUT2D eigenvalue weighted by molar-refractivity contribution is 5.73. The van der Waals surface area contributed by atoms with E-state index in [9.17, 15) is 4.79 Å². The van der Waals surface area contributed by atoms with Crippen molar-refractivity contribution in [3.8, 4) is 0 Å². The van der Waals surface area contributed by atoms with Gasteiger partial charge in [-0.05, 0) is 39.9 Å². The fraction of sp³-hybridized carbons (Fsp3) is 0.900. The van der Waals surface area contributed by atoms with E-state index in [1.54, 1.807) is 0 Å². The molecule has 2 amide bonds. The van der Waals surface area contributed by atoms with Gasteiger partial charge in [-0.2, -0.15) is 0 Å². The monoisotopic (exact) mass is 201 g/mol. The third-order valence-corrected chi connectivity index (χ3v) is 1.85. The molecule has 0 aliphatic heterocycles. The van der Waals surface area contributed by atoms with E-state index in [2.05, 4.69) is 29.6 Å². The molecule has 0 saturated heterocycles. The van der Waals surface area contributed by atoms with Gasteiger partial charge < -0.3 is 15.5 Å². The number of carbonyl (C=O) groups excluding carboxylic acids is 1. The molecule has 0 bridgehead atoms. The van der Waals surface area contributed by atoms with Crippen LogP contribution in [0.15, 0.2) is 0 Å². The lowest BCUT2D eigenvalue weighted by Gasteiger charge is -2.09. The Kier molecular flexibility index (Phi) is 8.33. The van der Waals surface area contributed by atoms with Gasteiger partial charge in [0.1, 0.15) is 0 Å². The average molecular weight is 201 g/mol. The van der Waals surface area contributed by atoms with Gasteiger partial charge >= 0.3 is 6.03 Å². The molecule has 4 heteroatoms. The summed E-state index contributed by atoms with van der Waals surface area (Å²) >= 11 is 0. The Morgan fingerprint density at radius 3 is 2.36 bits per heavy atom. The lowest BCUT2D eigenvalue weighted by Crippen LogP contribution is -2.36. The quantitative estimate of drug-likeness (QED) is 0.604. The van der Waals surface area contributed by atoms with E-state index >= 15 is 0 Å². The highest BCUT2D eigenvalue weighted by atomic mass is 16.2. The van der Waals surface area contributed by atoms with Gasteiger partial charge in [-0.1, -0.05) is 6.92 Å². The van der Waals surface area contributed by atoms with Gasteiger partial charge in [0.15, 0.2) is 0 Å². The van der Waals surface area contributed by atoms with Crippen LogP contribution in [0.4, 0.5) is 4.79 Å². The summed E-state index contributed by atoms with van der Waals surface area (Å²) in [6.07, 6.45) is 3.15. The first-order valence-corrected chi connectivity index (χ1v) is 5.33. The second-order valence-electron chi connectivity index (χ2n) is 3.69. The van der Waals surface area contributed by atoms with Crippen molar-refractivity contribution in [2.45, 2.75) is 26.2 Å². The van der Waals surface area contributed by atoms with Gasteiger partial charge in [-0.3, -0.25) is 0 Å². The molecule has 0 fully saturated rings. The SMILES string of the molecule is CCCNC(=O)NCCCCN(C)C. The van der Waals surface area contributed by atoms with Crippen molar-refractivity contribution in [1.82, 2.24) is 15.5 Å². The topological polar surface area (TPSA) is 44.4 Å². The van der Waals surface area contributed by atoms with Gasteiger partial charge in [0.2, 0.25) is 0 Å². The maximum absolute atomic E-state index is 11.1. The second kappa shape index (κ2) is 8.81. The maximum atomic E-state index is 11.1. The molecule has 0 rings (SSSR count). The number of nitrogens with zero attached hydrogens (tertiary/aromatic N) is 1. The number of amides is 2. The molecule has 0 heterocycles. The summed E-state index contributed by atoms with van der Waals surface area (Å²) in [7, 11) is 4.11. The summed E-state index contributed by atoms with van der Waals surface area (Å²) in [6.45, 7) is 4.64. The first-order chi connectivity index (χ1) is 6.66. The van der Waals surface area contributed by atoms with E-state index < -0.39 is 0 Å². The molecule has 0 aliphatic carbocycles. The minimum absolute atomic E-state index is 0.0447. The standard InChI is InChI=1S/C10H23N3O/c1-4-7-11-10(14)12-8-5-6-9-13(2)3/h4-9H2,1-3H3,(H2,11,12,14). The molecular weight excluding hydrogens is 178 g/mol. The Morgan fingerprint density at radius 2 is 1.79 bits per heavy atom. The van der Waals surface area contributed by atoms with E-state index in [0.29, 0.717) is 0 Å². The van der Waals surface area contributed by atoms with Crippen LogP contribution in [0.25, 0.3) is 0 Å². The van der Waals surface area contributed by atoms with Crippen molar-refractivity contribution >= 4 is 6.03 Å². The van der Waals surface area contributed by atoms with Crippen LogP contribution in [0.2, 0.25) is 0 Å². The van der Waals surface area contributed by atoms with Crippen molar-refractivity contribution in [1.29, 1.82) is 0 Å². The van der Waals surface area contributed by atoms with Gasteiger partial charge in [0.25, 0.3) is 0 Å². The third-order valence-electron chi connectivity index (χ3n) is 1.85. The highest BCUT2D eigenvalue weighted by Gasteiger charge is 1.97. The van der Waals surface area contributed by atoms with E-state index in [1.165, 1.54) is 0 Å².